The third-order valence-electron chi connectivity index (χ3n) is 6.44. The van der Waals surface area contributed by atoms with Crippen LogP contribution in [0.25, 0.3) is 0 Å². The van der Waals surface area contributed by atoms with Crippen molar-refractivity contribution < 1.29 is 19.1 Å². The van der Waals surface area contributed by atoms with E-state index in [1.54, 1.807) is 0 Å². The lowest BCUT2D eigenvalue weighted by molar-refractivity contribution is -0.141. The molecule has 0 N–H and O–H groups in total. The second-order valence-corrected chi connectivity index (χ2v) is 9.62. The lowest BCUT2D eigenvalue weighted by atomic mass is 10.0. The Morgan fingerprint density at radius 1 is 1.00 bits per heavy atom. The Kier molecular flexibility index (Phi) is 8.76. The van der Waals surface area contributed by atoms with Crippen molar-refractivity contribution in [3.63, 3.8) is 0 Å². The molecule has 0 atom stereocenters. The van der Waals surface area contributed by atoms with E-state index in [2.05, 4.69) is 9.80 Å². The lowest BCUT2D eigenvalue weighted by Gasteiger charge is -2.36. The number of ether oxygens (including phenoxy) is 2. The molecule has 2 aliphatic heterocycles. The van der Waals surface area contributed by atoms with Gasteiger partial charge in [0.1, 0.15) is 5.75 Å². The summed E-state index contributed by atoms with van der Waals surface area (Å²) in [5, 5.41) is 1.22. The Hall–Kier alpha value is -2.48. The minimum absolute atomic E-state index is 0.0476. The van der Waals surface area contributed by atoms with E-state index in [4.69, 9.17) is 32.7 Å². The molecule has 7 nitrogen and oxygen atoms in total. The number of esters is 1. The van der Waals surface area contributed by atoms with Crippen molar-refractivity contribution in [2.24, 2.45) is 0 Å². The second-order valence-electron chi connectivity index (χ2n) is 8.83. The van der Waals surface area contributed by atoms with Crippen molar-refractivity contribution in [2.75, 3.05) is 55.9 Å². The Morgan fingerprint density at radius 2 is 1.80 bits per heavy atom. The normalized spacial score (nSPS) is 16.3. The molecule has 0 saturated carbocycles. The molecule has 0 unspecified atom stereocenters. The summed E-state index contributed by atoms with van der Waals surface area (Å²) < 4.78 is 11.0. The summed E-state index contributed by atoms with van der Waals surface area (Å²) in [5.41, 5.74) is 2.82. The van der Waals surface area contributed by atoms with Crippen LogP contribution >= 0.6 is 23.2 Å². The van der Waals surface area contributed by atoms with Gasteiger partial charge < -0.3 is 14.4 Å². The number of nitrogens with zero attached hydrogens (tertiary/aromatic N) is 3. The highest BCUT2D eigenvalue weighted by molar-refractivity contribution is 6.43. The Labute approximate surface area is 216 Å². The van der Waals surface area contributed by atoms with E-state index < -0.39 is 5.97 Å². The number of piperazine rings is 1. The smallest absolute Gasteiger partial charge is 0.304 e. The minimum atomic E-state index is -0.410. The van der Waals surface area contributed by atoms with Gasteiger partial charge >= 0.3 is 5.97 Å². The van der Waals surface area contributed by atoms with Crippen LogP contribution in [0.3, 0.4) is 0 Å². The van der Waals surface area contributed by atoms with E-state index in [1.165, 1.54) is 11.8 Å². The number of hydrogen-bond donors (Lipinski definition) is 0. The third-order valence-corrected chi connectivity index (χ3v) is 7.24. The van der Waals surface area contributed by atoms with Gasteiger partial charge in [-0.25, -0.2) is 0 Å². The minimum Gasteiger partial charge on any atom is -0.494 e. The summed E-state index contributed by atoms with van der Waals surface area (Å²) in [6.07, 6.45) is 3.07. The molecule has 2 aromatic rings. The van der Waals surface area contributed by atoms with Crippen molar-refractivity contribution in [1.82, 2.24) is 4.90 Å². The highest BCUT2D eigenvalue weighted by atomic mass is 35.5. The van der Waals surface area contributed by atoms with Crippen LogP contribution in [0.2, 0.25) is 10.0 Å². The SMILES string of the molecule is CC(=O)OCN1C(=O)CCc2ccc(OCCCCN3CCN(c4cccc(Cl)c4Cl)CC3)cc21. The van der Waals surface area contributed by atoms with Crippen LogP contribution in [-0.4, -0.2) is 62.8 Å². The predicted molar refractivity (Wildman–Crippen MR) is 139 cm³/mol. The van der Waals surface area contributed by atoms with E-state index in [9.17, 15) is 9.59 Å². The molecule has 9 heteroatoms. The zero-order chi connectivity index (χ0) is 24.8. The van der Waals surface area contributed by atoms with Gasteiger partial charge in [0.05, 0.1) is 28.0 Å². The van der Waals surface area contributed by atoms with Crippen LogP contribution in [0.15, 0.2) is 36.4 Å². The molecule has 1 saturated heterocycles. The zero-order valence-electron chi connectivity index (χ0n) is 20.0. The molecular weight excluding hydrogens is 489 g/mol. The molecule has 0 bridgehead atoms. The quantitative estimate of drug-likeness (QED) is 0.351. The molecule has 0 aliphatic carbocycles. The first-order chi connectivity index (χ1) is 16.9. The number of fused-ring (bicyclic) bond motifs is 1. The number of anilines is 2. The van der Waals surface area contributed by atoms with E-state index in [1.807, 2.05) is 36.4 Å². The maximum absolute atomic E-state index is 12.3. The maximum Gasteiger partial charge on any atom is 0.304 e. The van der Waals surface area contributed by atoms with Crippen LogP contribution in [0.5, 0.6) is 5.75 Å². The Balaban J connectivity index is 1.20. The molecular formula is C26H31Cl2N3O4. The lowest BCUT2D eigenvalue weighted by Crippen LogP contribution is -2.46. The number of aryl methyl sites for hydroxylation is 1. The van der Waals surface area contributed by atoms with Crippen molar-refractivity contribution >= 4 is 46.5 Å². The summed E-state index contributed by atoms with van der Waals surface area (Å²) in [7, 11) is 0. The van der Waals surface area contributed by atoms with Crippen molar-refractivity contribution in [1.29, 1.82) is 0 Å². The topological polar surface area (TPSA) is 62.3 Å². The summed E-state index contributed by atoms with van der Waals surface area (Å²) in [4.78, 5) is 29.8. The van der Waals surface area contributed by atoms with Gasteiger partial charge in [-0.05, 0) is 49.6 Å². The first-order valence-corrected chi connectivity index (χ1v) is 12.8. The highest BCUT2D eigenvalue weighted by Crippen LogP contribution is 2.33. The summed E-state index contributed by atoms with van der Waals surface area (Å²) in [6, 6.07) is 11.6. The molecule has 0 radical (unpaired) electrons. The van der Waals surface area contributed by atoms with E-state index in [-0.39, 0.29) is 12.6 Å². The van der Waals surface area contributed by atoms with Gasteiger partial charge in [-0.3, -0.25) is 19.4 Å². The molecule has 35 heavy (non-hydrogen) atoms. The van der Waals surface area contributed by atoms with Crippen LogP contribution in [0, 0.1) is 0 Å². The van der Waals surface area contributed by atoms with Gasteiger partial charge in [-0.2, -0.15) is 0 Å². The number of carbonyl (C=O) groups excluding carboxylic acids is 2. The van der Waals surface area contributed by atoms with Gasteiger partial charge in [0.25, 0.3) is 0 Å². The molecule has 1 fully saturated rings. The van der Waals surface area contributed by atoms with Gasteiger partial charge in [-0.15, -0.1) is 0 Å². The monoisotopic (exact) mass is 519 g/mol. The molecule has 0 spiro atoms. The number of carbonyl (C=O) groups is 2. The fourth-order valence-electron chi connectivity index (χ4n) is 4.48. The van der Waals surface area contributed by atoms with Crippen molar-refractivity contribution in [3.05, 3.63) is 52.0 Å². The fraction of sp³-hybridized carbons (Fsp3) is 0.462. The molecule has 2 aliphatic rings. The first-order valence-electron chi connectivity index (χ1n) is 12.0. The summed E-state index contributed by atoms with van der Waals surface area (Å²) in [6.45, 7) is 6.72. The van der Waals surface area contributed by atoms with Crippen LogP contribution in [0.4, 0.5) is 11.4 Å². The molecule has 0 aromatic heterocycles. The number of amides is 1. The second kappa shape index (κ2) is 12.0. The summed E-state index contributed by atoms with van der Waals surface area (Å²) in [5.74, 6) is 0.263. The van der Waals surface area contributed by atoms with E-state index in [0.717, 1.165) is 68.3 Å². The predicted octanol–water partition coefficient (Wildman–Crippen LogP) is 4.77. The maximum atomic E-state index is 12.3. The molecule has 188 valence electrons. The third kappa shape index (κ3) is 6.60. The van der Waals surface area contributed by atoms with E-state index in [0.29, 0.717) is 29.5 Å². The number of unbranched alkanes of at least 4 members (excludes halogenated alkanes) is 1. The van der Waals surface area contributed by atoms with Crippen LogP contribution in [-0.2, 0) is 20.7 Å². The highest BCUT2D eigenvalue weighted by Gasteiger charge is 2.25. The van der Waals surface area contributed by atoms with E-state index >= 15 is 0 Å². The molecule has 2 heterocycles. The van der Waals surface area contributed by atoms with Crippen LogP contribution in [0.1, 0.15) is 31.7 Å². The number of rotatable bonds is 9. The fourth-order valence-corrected chi connectivity index (χ4v) is 4.90. The largest absolute Gasteiger partial charge is 0.494 e. The van der Waals surface area contributed by atoms with Crippen molar-refractivity contribution in [3.8, 4) is 5.75 Å². The zero-order valence-corrected chi connectivity index (χ0v) is 21.5. The molecule has 1 amide bonds. The van der Waals surface area contributed by atoms with Gasteiger partial charge in [0, 0.05) is 45.6 Å². The van der Waals surface area contributed by atoms with Gasteiger partial charge in [-0.1, -0.05) is 35.3 Å². The first kappa shape index (κ1) is 25.6. The molecule has 2 aromatic carbocycles. The van der Waals surface area contributed by atoms with Gasteiger partial charge in [0.15, 0.2) is 6.73 Å². The molecule has 4 rings (SSSR count). The average molecular weight is 520 g/mol. The van der Waals surface area contributed by atoms with Gasteiger partial charge in [0.2, 0.25) is 5.91 Å². The number of benzene rings is 2. The average Bonchev–Trinajstić information content (AvgIpc) is 2.85. The Morgan fingerprint density at radius 3 is 2.57 bits per heavy atom. The number of halogens is 2. The van der Waals surface area contributed by atoms with Crippen molar-refractivity contribution in [2.45, 2.75) is 32.6 Å². The number of hydrogen-bond acceptors (Lipinski definition) is 6. The van der Waals surface area contributed by atoms with Crippen LogP contribution < -0.4 is 14.5 Å². The standard InChI is InChI=1S/C26H31Cl2N3O4/c1-19(32)35-18-31-24-17-21(9-7-20(24)8-10-25(31)33)34-16-3-2-11-29-12-14-30(15-13-29)23-6-4-5-22(27)26(23)28/h4-7,9,17H,2-3,8,10-16,18H2,1H3. The summed E-state index contributed by atoms with van der Waals surface area (Å²) >= 11 is 12.5. The Bertz CT molecular complexity index is 1060.